The number of benzene rings is 1. The highest BCUT2D eigenvalue weighted by molar-refractivity contribution is 7.90. The quantitative estimate of drug-likeness (QED) is 0.763. The molecule has 4 rings (SSSR count). The van der Waals surface area contributed by atoms with Crippen LogP contribution in [0.1, 0.15) is 31.4 Å². The van der Waals surface area contributed by atoms with E-state index >= 15 is 0 Å². The second-order valence-corrected chi connectivity index (χ2v) is 9.18. The van der Waals surface area contributed by atoms with E-state index in [4.69, 9.17) is 0 Å². The maximum absolute atomic E-state index is 12.6. The van der Waals surface area contributed by atoms with Crippen molar-refractivity contribution in [3.05, 3.63) is 53.8 Å². The van der Waals surface area contributed by atoms with Gasteiger partial charge in [-0.1, -0.05) is 12.1 Å². The Balaban J connectivity index is 1.38. The third kappa shape index (κ3) is 4.56. The second kappa shape index (κ2) is 7.47. The molecule has 0 aromatic heterocycles. The first-order valence-electron chi connectivity index (χ1n) is 9.52. The molecule has 0 saturated heterocycles. The van der Waals surface area contributed by atoms with E-state index in [2.05, 4.69) is 15.0 Å². The Bertz CT molecular complexity index is 1040. The van der Waals surface area contributed by atoms with Gasteiger partial charge < -0.3 is 15.5 Å². The lowest BCUT2D eigenvalue weighted by atomic mass is 10.1. The van der Waals surface area contributed by atoms with Crippen LogP contribution in [-0.4, -0.2) is 43.3 Å². The van der Waals surface area contributed by atoms with Gasteiger partial charge in [-0.15, -0.1) is 4.40 Å². The van der Waals surface area contributed by atoms with Crippen molar-refractivity contribution in [2.24, 2.45) is 10.3 Å². The van der Waals surface area contributed by atoms with Gasteiger partial charge in [0.2, 0.25) is 5.91 Å². The number of sulfonamides is 1. The van der Waals surface area contributed by atoms with Crippen LogP contribution in [-0.2, 0) is 19.6 Å². The average molecular weight is 414 g/mol. The summed E-state index contributed by atoms with van der Waals surface area (Å²) in [5.74, 6) is 0.200. The Morgan fingerprint density at radius 2 is 1.90 bits per heavy atom. The lowest BCUT2D eigenvalue weighted by Gasteiger charge is -2.27. The van der Waals surface area contributed by atoms with Crippen molar-refractivity contribution in [1.82, 2.24) is 10.2 Å². The van der Waals surface area contributed by atoms with E-state index in [1.165, 1.54) is 6.08 Å². The number of nitrogens with one attached hydrogen (secondary N) is 2. The Morgan fingerprint density at radius 3 is 2.59 bits per heavy atom. The highest BCUT2D eigenvalue weighted by Gasteiger charge is 2.29. The van der Waals surface area contributed by atoms with E-state index in [9.17, 15) is 18.0 Å². The lowest BCUT2D eigenvalue weighted by molar-refractivity contribution is -0.118. The maximum Gasteiger partial charge on any atom is 0.256 e. The van der Waals surface area contributed by atoms with Gasteiger partial charge in [0.15, 0.2) is 0 Å². The highest BCUT2D eigenvalue weighted by atomic mass is 32.2. The molecule has 0 spiro atoms. The SMILES string of the molecule is CC(NC(=O)C1=CN2CCS(=O)(=O)N=C2C=C1)c1ccc(NC(=O)C2CC2)cc1. The van der Waals surface area contributed by atoms with Crippen molar-refractivity contribution in [1.29, 1.82) is 0 Å². The number of hydrogen-bond donors (Lipinski definition) is 2. The summed E-state index contributed by atoms with van der Waals surface area (Å²) in [5.41, 5.74) is 2.09. The monoisotopic (exact) mass is 414 g/mol. The van der Waals surface area contributed by atoms with Crippen LogP contribution in [0.2, 0.25) is 0 Å². The van der Waals surface area contributed by atoms with E-state index in [1.807, 2.05) is 31.2 Å². The number of amidine groups is 1. The molecule has 2 N–H and O–H groups in total. The number of anilines is 1. The van der Waals surface area contributed by atoms with E-state index in [0.717, 1.165) is 24.1 Å². The minimum Gasteiger partial charge on any atom is -0.345 e. The molecule has 1 aliphatic carbocycles. The molecule has 2 aliphatic heterocycles. The molecule has 0 radical (unpaired) electrons. The number of amides is 2. The molecule has 152 valence electrons. The van der Waals surface area contributed by atoms with Crippen LogP contribution in [0.3, 0.4) is 0 Å². The molecular weight excluding hydrogens is 392 g/mol. The zero-order valence-electron chi connectivity index (χ0n) is 16.0. The lowest BCUT2D eigenvalue weighted by Crippen LogP contribution is -2.38. The summed E-state index contributed by atoms with van der Waals surface area (Å²) >= 11 is 0. The molecular formula is C20H22N4O4S. The fraction of sp³-hybridized carbons (Fsp3) is 0.350. The van der Waals surface area contributed by atoms with Gasteiger partial charge in [0.1, 0.15) is 5.84 Å². The summed E-state index contributed by atoms with van der Waals surface area (Å²) < 4.78 is 26.8. The molecule has 29 heavy (non-hydrogen) atoms. The van der Waals surface area contributed by atoms with Gasteiger partial charge in [0.25, 0.3) is 15.9 Å². The van der Waals surface area contributed by atoms with Crippen molar-refractivity contribution in [2.45, 2.75) is 25.8 Å². The van der Waals surface area contributed by atoms with Crippen LogP contribution in [0.25, 0.3) is 0 Å². The molecule has 0 bridgehead atoms. The number of carbonyl (C=O) groups excluding carboxylic acids is 2. The summed E-state index contributed by atoms with van der Waals surface area (Å²) in [6.07, 6.45) is 6.63. The van der Waals surface area contributed by atoms with Gasteiger partial charge in [0, 0.05) is 24.4 Å². The topological polar surface area (TPSA) is 108 Å². The van der Waals surface area contributed by atoms with E-state index in [0.29, 0.717) is 11.4 Å². The standard InChI is InChI=1S/C20H22N4O4S/c1-13(14-4-7-17(8-5-14)22-19(25)15-2-3-15)21-20(26)16-6-9-18-23-29(27,28)11-10-24(18)12-16/h4-9,12-13,15H,2-3,10-11H2,1H3,(H,21,26)(H,22,25). The number of carbonyl (C=O) groups is 2. The van der Waals surface area contributed by atoms with Gasteiger partial charge in [-0.3, -0.25) is 9.59 Å². The third-order valence-corrected chi connectivity index (χ3v) is 6.22. The molecule has 9 heteroatoms. The summed E-state index contributed by atoms with van der Waals surface area (Å²) in [7, 11) is -3.42. The molecule has 1 unspecified atom stereocenters. The fourth-order valence-electron chi connectivity index (χ4n) is 3.14. The number of nitrogens with zero attached hydrogens (tertiary/aromatic N) is 2. The first-order chi connectivity index (χ1) is 13.8. The third-order valence-electron chi connectivity index (χ3n) is 5.06. The van der Waals surface area contributed by atoms with Gasteiger partial charge in [-0.05, 0) is 49.6 Å². The zero-order chi connectivity index (χ0) is 20.6. The highest BCUT2D eigenvalue weighted by Crippen LogP contribution is 2.30. The van der Waals surface area contributed by atoms with Crippen LogP contribution in [0.4, 0.5) is 5.69 Å². The van der Waals surface area contributed by atoms with E-state index in [-0.39, 0.29) is 36.1 Å². The minimum absolute atomic E-state index is 0.0588. The maximum atomic E-state index is 12.6. The van der Waals surface area contributed by atoms with Crippen LogP contribution in [0, 0.1) is 5.92 Å². The minimum atomic E-state index is -3.42. The van der Waals surface area contributed by atoms with Crippen LogP contribution in [0.5, 0.6) is 0 Å². The van der Waals surface area contributed by atoms with Crippen molar-refractivity contribution in [3.8, 4) is 0 Å². The molecule has 1 saturated carbocycles. The summed E-state index contributed by atoms with van der Waals surface area (Å²) in [5, 5.41) is 5.83. The van der Waals surface area contributed by atoms with Crippen molar-refractivity contribution in [3.63, 3.8) is 0 Å². The molecule has 8 nitrogen and oxygen atoms in total. The van der Waals surface area contributed by atoms with Crippen molar-refractivity contribution in [2.75, 3.05) is 17.6 Å². The molecule has 2 heterocycles. The molecule has 1 fully saturated rings. The molecule has 1 atom stereocenters. The van der Waals surface area contributed by atoms with Crippen LogP contribution in [0.15, 0.2) is 52.6 Å². The Hall–Kier alpha value is -2.94. The van der Waals surface area contributed by atoms with Gasteiger partial charge in [0.05, 0.1) is 17.4 Å². The van der Waals surface area contributed by atoms with Crippen molar-refractivity contribution >= 4 is 33.4 Å². The fourth-order valence-corrected chi connectivity index (χ4v) is 4.11. The number of hydrogen-bond acceptors (Lipinski definition) is 5. The predicted octanol–water partition coefficient (Wildman–Crippen LogP) is 1.71. The van der Waals surface area contributed by atoms with Gasteiger partial charge in [-0.25, -0.2) is 8.42 Å². The first-order valence-corrected chi connectivity index (χ1v) is 11.1. The average Bonchev–Trinajstić information content (AvgIpc) is 3.53. The zero-order valence-corrected chi connectivity index (χ0v) is 16.8. The van der Waals surface area contributed by atoms with E-state index in [1.54, 1.807) is 17.2 Å². The Labute approximate surface area is 169 Å². The number of rotatable bonds is 5. The normalized spacial score (nSPS) is 20.8. The first kappa shape index (κ1) is 19.4. The largest absolute Gasteiger partial charge is 0.345 e. The molecule has 1 aromatic carbocycles. The molecule has 2 amide bonds. The predicted molar refractivity (Wildman–Crippen MR) is 110 cm³/mol. The van der Waals surface area contributed by atoms with Crippen LogP contribution >= 0.6 is 0 Å². The summed E-state index contributed by atoms with van der Waals surface area (Å²) in [6.45, 7) is 2.15. The number of fused-ring (bicyclic) bond motifs is 1. The summed E-state index contributed by atoms with van der Waals surface area (Å²) in [6, 6.07) is 7.17. The van der Waals surface area contributed by atoms with Crippen molar-refractivity contribution < 1.29 is 18.0 Å². The smallest absolute Gasteiger partial charge is 0.256 e. The van der Waals surface area contributed by atoms with Gasteiger partial charge in [-0.2, -0.15) is 0 Å². The van der Waals surface area contributed by atoms with E-state index < -0.39 is 10.0 Å². The molecule has 1 aromatic rings. The molecule has 3 aliphatic rings. The summed E-state index contributed by atoms with van der Waals surface area (Å²) in [4.78, 5) is 26.1. The van der Waals surface area contributed by atoms with Gasteiger partial charge >= 0.3 is 0 Å². The Morgan fingerprint density at radius 1 is 1.17 bits per heavy atom. The van der Waals surface area contributed by atoms with Crippen LogP contribution < -0.4 is 10.6 Å². The Kier molecular flexibility index (Phi) is 4.99. The second-order valence-electron chi connectivity index (χ2n) is 7.43.